The normalized spacial score (nSPS) is 15.3. The maximum Gasteiger partial charge on any atom is 0.225 e. The van der Waals surface area contributed by atoms with Gasteiger partial charge in [-0.05, 0) is 36.8 Å². The Balaban J connectivity index is 1.84. The molecule has 2 aromatic rings. The summed E-state index contributed by atoms with van der Waals surface area (Å²) in [6, 6.07) is 9.85. The zero-order valence-corrected chi connectivity index (χ0v) is 14.0. The van der Waals surface area contributed by atoms with Crippen LogP contribution in [0.1, 0.15) is 16.8 Å². The Kier molecular flexibility index (Phi) is 5.45. The fraction of sp³-hybridized carbons (Fsp3) is 0.333. The highest BCUT2D eigenvalue weighted by molar-refractivity contribution is 6.00. The van der Waals surface area contributed by atoms with E-state index >= 15 is 0 Å². The van der Waals surface area contributed by atoms with Gasteiger partial charge in [0.2, 0.25) is 5.88 Å². The van der Waals surface area contributed by atoms with Crippen molar-refractivity contribution in [2.75, 3.05) is 26.3 Å². The SMILES string of the molecule is Cc1ccc(/C(=N/O)N2CCOCC2)c(OCc2cccc(F)c2)n1. The number of rotatable bonds is 4. The number of benzene rings is 1. The Morgan fingerprint density at radius 2 is 2.12 bits per heavy atom. The van der Waals surface area contributed by atoms with Crippen LogP contribution in [0.4, 0.5) is 4.39 Å². The lowest BCUT2D eigenvalue weighted by Crippen LogP contribution is -2.41. The molecule has 3 rings (SSSR count). The molecule has 0 bridgehead atoms. The standard InChI is InChI=1S/C18H20FN3O3/c1-13-5-6-16(17(21-23)22-7-9-24-10-8-22)18(20-13)25-12-14-3-2-4-15(19)11-14/h2-6,11,23H,7-10,12H2,1H3/b21-17-. The van der Waals surface area contributed by atoms with Gasteiger partial charge < -0.3 is 19.6 Å². The summed E-state index contributed by atoms with van der Waals surface area (Å²) in [7, 11) is 0. The van der Waals surface area contributed by atoms with Crippen molar-refractivity contribution in [3.05, 3.63) is 59.0 Å². The van der Waals surface area contributed by atoms with Crippen LogP contribution >= 0.6 is 0 Å². The molecule has 2 heterocycles. The Hall–Kier alpha value is -2.67. The zero-order valence-electron chi connectivity index (χ0n) is 14.0. The highest BCUT2D eigenvalue weighted by Gasteiger charge is 2.22. The molecule has 0 atom stereocenters. The molecule has 0 aliphatic carbocycles. The van der Waals surface area contributed by atoms with Gasteiger partial charge in [-0.1, -0.05) is 17.3 Å². The predicted molar refractivity (Wildman–Crippen MR) is 90.4 cm³/mol. The van der Waals surface area contributed by atoms with Gasteiger partial charge in [-0.2, -0.15) is 0 Å². The van der Waals surface area contributed by atoms with E-state index in [4.69, 9.17) is 9.47 Å². The number of ether oxygens (including phenoxy) is 2. The Morgan fingerprint density at radius 3 is 2.84 bits per heavy atom. The van der Waals surface area contributed by atoms with Crippen LogP contribution < -0.4 is 4.74 Å². The molecule has 1 aliphatic rings. The van der Waals surface area contributed by atoms with Crippen LogP contribution in [0.2, 0.25) is 0 Å². The van der Waals surface area contributed by atoms with E-state index < -0.39 is 0 Å². The number of hydrogen-bond acceptors (Lipinski definition) is 5. The van der Waals surface area contributed by atoms with Crippen molar-refractivity contribution in [2.24, 2.45) is 5.16 Å². The number of aromatic nitrogens is 1. The molecule has 1 aliphatic heterocycles. The minimum Gasteiger partial charge on any atom is -0.472 e. The number of oxime groups is 1. The van der Waals surface area contributed by atoms with E-state index in [0.717, 1.165) is 5.69 Å². The minimum absolute atomic E-state index is 0.170. The first-order valence-electron chi connectivity index (χ1n) is 8.07. The minimum atomic E-state index is -0.315. The summed E-state index contributed by atoms with van der Waals surface area (Å²) in [6.45, 7) is 4.40. The van der Waals surface area contributed by atoms with Crippen molar-refractivity contribution in [2.45, 2.75) is 13.5 Å². The van der Waals surface area contributed by atoms with Gasteiger partial charge in [0.25, 0.3) is 0 Å². The topological polar surface area (TPSA) is 67.2 Å². The van der Waals surface area contributed by atoms with E-state index in [1.54, 1.807) is 12.1 Å². The van der Waals surface area contributed by atoms with Crippen molar-refractivity contribution in [1.82, 2.24) is 9.88 Å². The van der Waals surface area contributed by atoms with Gasteiger partial charge in [0.15, 0.2) is 5.84 Å². The van der Waals surface area contributed by atoms with E-state index in [1.165, 1.54) is 12.1 Å². The lowest BCUT2D eigenvalue weighted by molar-refractivity contribution is 0.0667. The van der Waals surface area contributed by atoms with E-state index in [-0.39, 0.29) is 12.4 Å². The largest absolute Gasteiger partial charge is 0.472 e. The summed E-state index contributed by atoms with van der Waals surface area (Å²) in [6.07, 6.45) is 0. The van der Waals surface area contributed by atoms with Crippen LogP contribution in [0.15, 0.2) is 41.6 Å². The van der Waals surface area contributed by atoms with Crippen molar-refractivity contribution in [3.8, 4) is 5.88 Å². The van der Waals surface area contributed by atoms with Crippen molar-refractivity contribution in [3.63, 3.8) is 0 Å². The lowest BCUT2D eigenvalue weighted by atomic mass is 10.2. The van der Waals surface area contributed by atoms with Crippen LogP contribution in [0, 0.1) is 12.7 Å². The maximum atomic E-state index is 13.3. The average Bonchev–Trinajstić information content (AvgIpc) is 2.63. The van der Waals surface area contributed by atoms with Crippen LogP contribution in [0.25, 0.3) is 0 Å². The summed E-state index contributed by atoms with van der Waals surface area (Å²) in [5, 5.41) is 13.0. The number of morpholine rings is 1. The molecule has 0 amide bonds. The van der Waals surface area contributed by atoms with Gasteiger partial charge in [-0.15, -0.1) is 0 Å². The highest BCUT2D eigenvalue weighted by atomic mass is 19.1. The van der Waals surface area contributed by atoms with Crippen molar-refractivity contribution < 1.29 is 19.1 Å². The quantitative estimate of drug-likeness (QED) is 0.399. The van der Waals surface area contributed by atoms with Gasteiger partial charge in [0, 0.05) is 18.8 Å². The number of nitrogens with zero attached hydrogens (tertiary/aromatic N) is 3. The molecule has 1 fully saturated rings. The predicted octanol–water partition coefficient (Wildman–Crippen LogP) is 2.58. The third-order valence-corrected chi connectivity index (χ3v) is 3.91. The number of pyridine rings is 1. The molecule has 0 radical (unpaired) electrons. The van der Waals surface area contributed by atoms with Crippen LogP contribution in [0.5, 0.6) is 5.88 Å². The third kappa shape index (κ3) is 4.24. The molecule has 1 N–H and O–H groups in total. The molecule has 0 unspecified atom stereocenters. The first-order valence-corrected chi connectivity index (χ1v) is 8.07. The summed E-state index contributed by atoms with van der Waals surface area (Å²) in [4.78, 5) is 6.33. The second-order valence-electron chi connectivity index (χ2n) is 5.75. The van der Waals surface area contributed by atoms with Gasteiger partial charge >= 0.3 is 0 Å². The molecule has 7 heteroatoms. The second kappa shape index (κ2) is 7.94. The monoisotopic (exact) mass is 345 g/mol. The first kappa shape index (κ1) is 17.2. The molecule has 0 saturated carbocycles. The molecule has 1 aromatic heterocycles. The van der Waals surface area contributed by atoms with Crippen molar-refractivity contribution >= 4 is 5.84 Å². The third-order valence-electron chi connectivity index (χ3n) is 3.91. The molecule has 0 spiro atoms. The summed E-state index contributed by atoms with van der Waals surface area (Å²) in [5.41, 5.74) is 2.06. The molecule has 1 saturated heterocycles. The fourth-order valence-electron chi connectivity index (χ4n) is 2.65. The summed E-state index contributed by atoms with van der Waals surface area (Å²) < 4.78 is 24.5. The fourth-order valence-corrected chi connectivity index (χ4v) is 2.65. The molecular weight excluding hydrogens is 325 g/mol. The Labute approximate surface area is 145 Å². The zero-order chi connectivity index (χ0) is 17.6. The number of amidine groups is 1. The van der Waals surface area contributed by atoms with E-state index in [2.05, 4.69) is 10.1 Å². The van der Waals surface area contributed by atoms with Gasteiger partial charge in [0.1, 0.15) is 12.4 Å². The van der Waals surface area contributed by atoms with Crippen LogP contribution in [-0.4, -0.2) is 47.2 Å². The van der Waals surface area contributed by atoms with Crippen LogP contribution in [0.3, 0.4) is 0 Å². The smallest absolute Gasteiger partial charge is 0.225 e. The van der Waals surface area contributed by atoms with E-state index in [0.29, 0.717) is 49.1 Å². The highest BCUT2D eigenvalue weighted by Crippen LogP contribution is 2.21. The number of halogens is 1. The van der Waals surface area contributed by atoms with Gasteiger partial charge in [-0.3, -0.25) is 0 Å². The van der Waals surface area contributed by atoms with E-state index in [9.17, 15) is 9.60 Å². The molecule has 1 aromatic carbocycles. The summed E-state index contributed by atoms with van der Waals surface area (Å²) in [5.74, 6) is 0.429. The maximum absolute atomic E-state index is 13.3. The average molecular weight is 345 g/mol. The summed E-state index contributed by atoms with van der Waals surface area (Å²) >= 11 is 0. The van der Waals surface area contributed by atoms with E-state index in [1.807, 2.05) is 24.0 Å². The first-order chi connectivity index (χ1) is 12.2. The lowest BCUT2D eigenvalue weighted by Gasteiger charge is -2.29. The van der Waals surface area contributed by atoms with Gasteiger partial charge in [-0.25, -0.2) is 9.37 Å². The van der Waals surface area contributed by atoms with Crippen LogP contribution in [-0.2, 0) is 11.3 Å². The second-order valence-corrected chi connectivity index (χ2v) is 5.75. The molecule has 25 heavy (non-hydrogen) atoms. The number of aryl methyl sites for hydroxylation is 1. The molecular formula is C18H20FN3O3. The number of hydrogen-bond donors (Lipinski definition) is 1. The van der Waals surface area contributed by atoms with Gasteiger partial charge in [0.05, 0.1) is 18.8 Å². The Morgan fingerprint density at radius 1 is 1.32 bits per heavy atom. The molecule has 132 valence electrons. The Bertz CT molecular complexity index is 761. The molecule has 6 nitrogen and oxygen atoms in total. The van der Waals surface area contributed by atoms with Crippen molar-refractivity contribution in [1.29, 1.82) is 0 Å².